The van der Waals surface area contributed by atoms with Crippen molar-refractivity contribution in [2.45, 2.75) is 38.6 Å². The molecule has 2 heterocycles. The lowest BCUT2D eigenvalue weighted by molar-refractivity contribution is -0.122. The largest absolute Gasteiger partial charge is 0.483 e. The molecule has 0 bridgehead atoms. The molecule has 7 nitrogen and oxygen atoms in total. The summed E-state index contributed by atoms with van der Waals surface area (Å²) in [5, 5.41) is 10.3. The van der Waals surface area contributed by atoms with Crippen LogP contribution in [0.3, 0.4) is 0 Å². The first kappa shape index (κ1) is 15.9. The molecule has 2 aromatic heterocycles. The minimum absolute atomic E-state index is 0.250. The summed E-state index contributed by atoms with van der Waals surface area (Å²) in [5.74, 6) is 0.658. The van der Waals surface area contributed by atoms with Gasteiger partial charge in [0.25, 0.3) is 6.47 Å². The zero-order chi connectivity index (χ0) is 15.9. The number of fused-ring (bicyclic) bond motifs is 1. The number of carbonyl (C=O) groups is 1. The maximum atomic E-state index is 8.36. The monoisotopic (exact) mass is 303 g/mol. The second-order valence-electron chi connectivity index (χ2n) is 5.25. The zero-order valence-corrected chi connectivity index (χ0v) is 12.9. The maximum absolute atomic E-state index is 8.36. The van der Waals surface area contributed by atoms with Crippen LogP contribution < -0.4 is 5.32 Å². The van der Waals surface area contributed by atoms with E-state index in [0.29, 0.717) is 12.0 Å². The summed E-state index contributed by atoms with van der Waals surface area (Å²) in [5.41, 5.74) is 3.16. The number of nitrogens with zero attached hydrogens (tertiary/aromatic N) is 4. The van der Waals surface area contributed by atoms with Gasteiger partial charge >= 0.3 is 0 Å². The molecule has 1 aliphatic carbocycles. The summed E-state index contributed by atoms with van der Waals surface area (Å²) < 4.78 is 1.92. The third-order valence-corrected chi connectivity index (χ3v) is 3.71. The predicted octanol–water partition coefficient (Wildman–Crippen LogP) is 2.36. The number of rotatable bonds is 3. The van der Waals surface area contributed by atoms with Crippen molar-refractivity contribution >= 4 is 23.6 Å². The van der Waals surface area contributed by atoms with Crippen LogP contribution >= 0.6 is 0 Å². The van der Waals surface area contributed by atoms with Crippen LogP contribution in [-0.2, 0) is 11.8 Å². The van der Waals surface area contributed by atoms with Crippen molar-refractivity contribution in [3.05, 3.63) is 24.2 Å². The molecule has 1 atom stereocenters. The van der Waals surface area contributed by atoms with Gasteiger partial charge in [-0.15, -0.1) is 0 Å². The normalized spacial score (nSPS) is 15.5. The smallest absolute Gasteiger partial charge is 0.290 e. The molecule has 3 rings (SSSR count). The molecule has 0 aliphatic heterocycles. The topological polar surface area (TPSA) is 92.9 Å². The molecule has 0 aromatic carbocycles. The van der Waals surface area contributed by atoms with E-state index in [-0.39, 0.29) is 6.47 Å². The number of carboxylic acid groups (broad SMARTS) is 1. The van der Waals surface area contributed by atoms with E-state index in [4.69, 9.17) is 9.90 Å². The van der Waals surface area contributed by atoms with Gasteiger partial charge in [0, 0.05) is 13.1 Å². The molecule has 0 radical (unpaired) electrons. The molecule has 0 fully saturated rings. The van der Waals surface area contributed by atoms with Crippen molar-refractivity contribution in [1.82, 2.24) is 19.5 Å². The van der Waals surface area contributed by atoms with Gasteiger partial charge in [-0.1, -0.05) is 11.6 Å². The summed E-state index contributed by atoms with van der Waals surface area (Å²) in [6.45, 7) is 1.92. The third kappa shape index (κ3) is 3.81. The summed E-state index contributed by atoms with van der Waals surface area (Å²) in [6.07, 6.45) is 10.9. The highest BCUT2D eigenvalue weighted by Crippen LogP contribution is 2.22. The molecule has 0 saturated carbocycles. The van der Waals surface area contributed by atoms with Crippen molar-refractivity contribution in [1.29, 1.82) is 0 Å². The number of hydrogen-bond acceptors (Lipinski definition) is 5. The Morgan fingerprint density at radius 2 is 2.18 bits per heavy atom. The Kier molecular flexibility index (Phi) is 5.46. The number of imidazole rings is 1. The molecule has 0 amide bonds. The van der Waals surface area contributed by atoms with Gasteiger partial charge in [-0.3, -0.25) is 4.79 Å². The van der Waals surface area contributed by atoms with Crippen molar-refractivity contribution in [3.63, 3.8) is 0 Å². The molecule has 118 valence electrons. The summed E-state index contributed by atoms with van der Waals surface area (Å²) in [6, 6.07) is 0.293. The summed E-state index contributed by atoms with van der Waals surface area (Å²) >= 11 is 0. The molecular weight excluding hydrogens is 282 g/mol. The molecule has 0 saturated heterocycles. The molecule has 1 aliphatic rings. The van der Waals surface area contributed by atoms with Gasteiger partial charge in [0.15, 0.2) is 5.65 Å². The van der Waals surface area contributed by atoms with Gasteiger partial charge in [0.1, 0.15) is 5.52 Å². The molecule has 0 spiro atoms. The van der Waals surface area contributed by atoms with Crippen molar-refractivity contribution in [3.8, 4) is 0 Å². The number of allylic oxidation sites excluding steroid dienone is 1. The Bertz CT molecular complexity index is 665. The molecular formula is C15H21N5O2. The lowest BCUT2D eigenvalue weighted by Crippen LogP contribution is -2.20. The quantitative estimate of drug-likeness (QED) is 0.668. The van der Waals surface area contributed by atoms with Crippen LogP contribution in [0.2, 0.25) is 0 Å². The highest BCUT2D eigenvalue weighted by Gasteiger charge is 2.13. The van der Waals surface area contributed by atoms with E-state index in [0.717, 1.165) is 11.2 Å². The Balaban J connectivity index is 0.000000545. The lowest BCUT2D eigenvalue weighted by Gasteiger charge is -2.20. The Labute approximate surface area is 129 Å². The van der Waals surface area contributed by atoms with Crippen LogP contribution in [0.15, 0.2) is 24.2 Å². The average Bonchev–Trinajstić information content (AvgIpc) is 2.90. The maximum Gasteiger partial charge on any atom is 0.290 e. The highest BCUT2D eigenvalue weighted by atomic mass is 16.3. The van der Waals surface area contributed by atoms with Crippen molar-refractivity contribution in [2.24, 2.45) is 7.05 Å². The van der Waals surface area contributed by atoms with Gasteiger partial charge in [-0.25, -0.2) is 9.97 Å². The number of aromatic nitrogens is 4. The van der Waals surface area contributed by atoms with E-state index >= 15 is 0 Å². The standard InChI is InChI=1S/C14H19N5.CH2O2/c1-10(11-6-4-3-5-7-11)17-14-15-8-12-13(18-14)16-9-19(12)2;2-1-3/h6,8-10H,3-5,7H2,1-2H3,(H,15,17,18);1H,(H,2,3). The van der Waals surface area contributed by atoms with Crippen LogP contribution in [0.4, 0.5) is 5.95 Å². The fraction of sp³-hybridized carbons (Fsp3) is 0.467. The van der Waals surface area contributed by atoms with Gasteiger partial charge in [-0.05, 0) is 32.6 Å². The van der Waals surface area contributed by atoms with Gasteiger partial charge in [0.05, 0.1) is 12.5 Å². The van der Waals surface area contributed by atoms with E-state index in [9.17, 15) is 0 Å². The van der Waals surface area contributed by atoms with Crippen LogP contribution in [0, 0.1) is 0 Å². The third-order valence-electron chi connectivity index (χ3n) is 3.71. The molecule has 7 heteroatoms. The molecule has 2 N–H and O–H groups in total. The first-order valence-electron chi connectivity index (χ1n) is 7.33. The van der Waals surface area contributed by atoms with Crippen LogP contribution in [0.1, 0.15) is 32.6 Å². The number of anilines is 1. The molecule has 2 aromatic rings. The van der Waals surface area contributed by atoms with Crippen molar-refractivity contribution in [2.75, 3.05) is 5.32 Å². The zero-order valence-electron chi connectivity index (χ0n) is 12.9. The first-order chi connectivity index (χ1) is 10.7. The van der Waals surface area contributed by atoms with Crippen LogP contribution in [0.5, 0.6) is 0 Å². The molecule has 22 heavy (non-hydrogen) atoms. The number of hydrogen-bond donors (Lipinski definition) is 2. The van der Waals surface area contributed by atoms with E-state index in [1.54, 1.807) is 6.33 Å². The predicted molar refractivity (Wildman–Crippen MR) is 84.6 cm³/mol. The minimum atomic E-state index is -0.250. The van der Waals surface area contributed by atoms with Gasteiger partial charge in [0.2, 0.25) is 5.95 Å². The summed E-state index contributed by atoms with van der Waals surface area (Å²) in [7, 11) is 1.95. The Morgan fingerprint density at radius 3 is 2.86 bits per heavy atom. The number of aryl methyl sites for hydroxylation is 1. The van der Waals surface area contributed by atoms with E-state index in [1.165, 1.54) is 31.3 Å². The van der Waals surface area contributed by atoms with E-state index < -0.39 is 0 Å². The number of nitrogens with one attached hydrogen (secondary N) is 1. The Hall–Kier alpha value is -2.44. The minimum Gasteiger partial charge on any atom is -0.483 e. The lowest BCUT2D eigenvalue weighted by atomic mass is 9.95. The van der Waals surface area contributed by atoms with Crippen LogP contribution in [-0.4, -0.2) is 37.1 Å². The fourth-order valence-corrected chi connectivity index (χ4v) is 2.53. The summed E-state index contributed by atoms with van der Waals surface area (Å²) in [4.78, 5) is 21.4. The van der Waals surface area contributed by atoms with Crippen molar-refractivity contribution < 1.29 is 9.90 Å². The van der Waals surface area contributed by atoms with E-state index in [2.05, 4.69) is 33.3 Å². The van der Waals surface area contributed by atoms with Crippen LogP contribution in [0.25, 0.3) is 11.2 Å². The SMILES string of the molecule is CC(Nc1ncc2c(ncn2C)n1)C1=CCCCC1.O=CO. The Morgan fingerprint density at radius 1 is 1.41 bits per heavy atom. The first-order valence-corrected chi connectivity index (χ1v) is 7.33. The van der Waals surface area contributed by atoms with E-state index in [1.807, 2.05) is 17.8 Å². The average molecular weight is 303 g/mol. The second kappa shape index (κ2) is 7.53. The fourth-order valence-electron chi connectivity index (χ4n) is 2.53. The second-order valence-corrected chi connectivity index (χ2v) is 5.25. The van der Waals surface area contributed by atoms with Gasteiger partial charge < -0.3 is 15.0 Å². The highest BCUT2D eigenvalue weighted by molar-refractivity contribution is 5.70. The molecule has 1 unspecified atom stereocenters. The van der Waals surface area contributed by atoms with Gasteiger partial charge in [-0.2, -0.15) is 4.98 Å².